The summed E-state index contributed by atoms with van der Waals surface area (Å²) in [5.74, 6) is -0.955. The number of carbonyl (C=O) groups excluding carboxylic acids is 1. The van der Waals surface area contributed by atoms with Crippen molar-refractivity contribution in [1.82, 2.24) is 4.98 Å². The summed E-state index contributed by atoms with van der Waals surface area (Å²) in [6.45, 7) is 0. The Morgan fingerprint density at radius 2 is 1.89 bits per heavy atom. The molecule has 2 aromatic rings. The number of hydrogen-bond acceptors (Lipinski definition) is 4. The largest absolute Gasteiger partial charge is 0.410 e. The predicted octanol–water partition coefficient (Wildman–Crippen LogP) is 2.28. The van der Waals surface area contributed by atoms with Crippen LogP contribution in [0.4, 0.5) is 4.39 Å². The Bertz CT molecular complexity index is 580. The molecule has 5 heteroatoms. The molecule has 1 aromatic carbocycles. The lowest BCUT2D eigenvalue weighted by atomic mass is 10.0. The minimum atomic E-state index is -0.517. The maximum Gasteiger partial charge on any atom is 0.216 e. The summed E-state index contributed by atoms with van der Waals surface area (Å²) >= 11 is 0. The highest BCUT2D eigenvalue weighted by Gasteiger charge is 2.17. The van der Waals surface area contributed by atoms with Gasteiger partial charge >= 0.3 is 0 Å². The molecule has 90 valence electrons. The highest BCUT2D eigenvalue weighted by atomic mass is 19.1. The number of aromatic nitrogens is 1. The van der Waals surface area contributed by atoms with Crippen LogP contribution in [0.3, 0.4) is 0 Å². The Labute approximate surface area is 102 Å². The maximum atomic E-state index is 12.8. The molecule has 0 amide bonds. The van der Waals surface area contributed by atoms with E-state index in [4.69, 9.17) is 5.21 Å². The first-order valence-electron chi connectivity index (χ1n) is 5.16. The topological polar surface area (TPSA) is 62.5 Å². The van der Waals surface area contributed by atoms with E-state index in [1.165, 1.54) is 30.5 Å². The molecule has 0 bridgehead atoms. The van der Waals surface area contributed by atoms with Crippen molar-refractivity contribution >= 4 is 11.5 Å². The highest BCUT2D eigenvalue weighted by molar-refractivity contribution is 6.50. The fraction of sp³-hybridized carbons (Fsp3) is 0. The number of nitrogens with zero attached hydrogens (tertiary/aromatic N) is 2. The number of hydrogen-bond donors (Lipinski definition) is 1. The molecule has 0 saturated carbocycles. The number of ketones is 1. The van der Waals surface area contributed by atoms with Gasteiger partial charge in [0.05, 0.1) is 5.69 Å². The quantitative estimate of drug-likeness (QED) is 0.390. The lowest BCUT2D eigenvalue weighted by Crippen LogP contribution is -2.17. The zero-order valence-corrected chi connectivity index (χ0v) is 9.25. The van der Waals surface area contributed by atoms with Gasteiger partial charge < -0.3 is 5.21 Å². The molecule has 1 aromatic heterocycles. The minimum absolute atomic E-state index is 0.179. The molecule has 0 aliphatic carbocycles. The van der Waals surface area contributed by atoms with Crippen LogP contribution in [0, 0.1) is 5.82 Å². The predicted molar refractivity (Wildman–Crippen MR) is 63.3 cm³/mol. The Morgan fingerprint density at radius 1 is 1.17 bits per heavy atom. The van der Waals surface area contributed by atoms with Gasteiger partial charge in [-0.2, -0.15) is 0 Å². The SMILES string of the molecule is O=C(/C(=N/O)c1ccccn1)c1ccc(F)cc1. The lowest BCUT2D eigenvalue weighted by Gasteiger charge is -2.02. The van der Waals surface area contributed by atoms with E-state index in [1.54, 1.807) is 18.2 Å². The Kier molecular flexibility index (Phi) is 3.43. The van der Waals surface area contributed by atoms with Crippen molar-refractivity contribution in [3.8, 4) is 0 Å². The van der Waals surface area contributed by atoms with Crippen LogP contribution >= 0.6 is 0 Å². The molecule has 0 aliphatic heterocycles. The molecule has 4 nitrogen and oxygen atoms in total. The molecule has 0 unspecified atom stereocenters. The fourth-order valence-electron chi connectivity index (χ4n) is 1.45. The van der Waals surface area contributed by atoms with Crippen LogP contribution in [0.25, 0.3) is 0 Å². The van der Waals surface area contributed by atoms with E-state index in [2.05, 4.69) is 10.1 Å². The number of halogens is 1. The van der Waals surface area contributed by atoms with Gasteiger partial charge in [0, 0.05) is 11.8 Å². The molecule has 0 radical (unpaired) electrons. The molecule has 0 fully saturated rings. The lowest BCUT2D eigenvalue weighted by molar-refractivity contribution is 0.106. The summed E-state index contributed by atoms with van der Waals surface area (Å²) in [6.07, 6.45) is 1.48. The number of carbonyl (C=O) groups is 1. The molecular formula is C13H9FN2O2. The molecule has 2 rings (SSSR count). The first-order chi connectivity index (χ1) is 8.72. The minimum Gasteiger partial charge on any atom is -0.410 e. The summed E-state index contributed by atoms with van der Waals surface area (Å²) in [5.41, 5.74) is 0.311. The van der Waals surface area contributed by atoms with Gasteiger partial charge in [-0.1, -0.05) is 11.2 Å². The molecule has 0 atom stereocenters. The van der Waals surface area contributed by atoms with E-state index >= 15 is 0 Å². The summed E-state index contributed by atoms with van der Waals surface area (Å²) < 4.78 is 12.8. The Morgan fingerprint density at radius 3 is 2.44 bits per heavy atom. The smallest absolute Gasteiger partial charge is 0.216 e. The van der Waals surface area contributed by atoms with Crippen LogP contribution in [-0.2, 0) is 0 Å². The normalized spacial score (nSPS) is 11.3. The molecule has 18 heavy (non-hydrogen) atoms. The van der Waals surface area contributed by atoms with Gasteiger partial charge in [0.1, 0.15) is 5.82 Å². The Hall–Kier alpha value is -2.56. The molecular weight excluding hydrogens is 235 g/mol. The first-order valence-corrected chi connectivity index (χ1v) is 5.16. The summed E-state index contributed by atoms with van der Waals surface area (Å²) in [7, 11) is 0. The van der Waals surface area contributed by atoms with Crippen LogP contribution in [0.2, 0.25) is 0 Å². The maximum absolute atomic E-state index is 12.8. The number of rotatable bonds is 3. The zero-order chi connectivity index (χ0) is 13.0. The van der Waals surface area contributed by atoms with Crippen LogP contribution in [-0.4, -0.2) is 21.7 Å². The van der Waals surface area contributed by atoms with Crippen molar-refractivity contribution < 1.29 is 14.4 Å². The van der Waals surface area contributed by atoms with Crippen molar-refractivity contribution in [3.63, 3.8) is 0 Å². The van der Waals surface area contributed by atoms with Crippen LogP contribution in [0.1, 0.15) is 16.1 Å². The van der Waals surface area contributed by atoms with Crippen molar-refractivity contribution in [2.45, 2.75) is 0 Å². The Balaban J connectivity index is 2.35. The third-order valence-corrected chi connectivity index (χ3v) is 2.33. The standard InChI is InChI=1S/C13H9FN2O2/c14-10-6-4-9(5-7-10)13(17)12(16-18)11-3-1-2-8-15-11/h1-8,18H/b16-12+. The molecule has 0 saturated heterocycles. The van der Waals surface area contributed by atoms with Crippen molar-refractivity contribution in [2.24, 2.45) is 5.16 Å². The number of Topliss-reactive ketones (excluding diaryl/α,β-unsaturated/α-hetero) is 1. The van der Waals surface area contributed by atoms with Crippen molar-refractivity contribution in [1.29, 1.82) is 0 Å². The average molecular weight is 244 g/mol. The molecule has 1 N–H and O–H groups in total. The van der Waals surface area contributed by atoms with Crippen molar-refractivity contribution in [3.05, 3.63) is 65.7 Å². The number of benzene rings is 1. The monoisotopic (exact) mass is 244 g/mol. The highest BCUT2D eigenvalue weighted by Crippen LogP contribution is 2.08. The first kappa shape index (κ1) is 11.9. The zero-order valence-electron chi connectivity index (χ0n) is 9.25. The summed E-state index contributed by atoms with van der Waals surface area (Å²) in [4.78, 5) is 16.0. The average Bonchev–Trinajstić information content (AvgIpc) is 2.41. The molecule has 0 spiro atoms. The third-order valence-electron chi connectivity index (χ3n) is 2.33. The van der Waals surface area contributed by atoms with Crippen LogP contribution < -0.4 is 0 Å². The van der Waals surface area contributed by atoms with Gasteiger partial charge in [0.25, 0.3) is 0 Å². The van der Waals surface area contributed by atoms with Gasteiger partial charge in [-0.05, 0) is 36.4 Å². The summed E-state index contributed by atoms with van der Waals surface area (Å²) in [6, 6.07) is 9.89. The second-order valence-electron chi connectivity index (χ2n) is 3.50. The van der Waals surface area contributed by atoms with Crippen LogP contribution in [0.5, 0.6) is 0 Å². The number of oxime groups is 1. The van der Waals surface area contributed by atoms with Crippen LogP contribution in [0.15, 0.2) is 53.8 Å². The van der Waals surface area contributed by atoms with Gasteiger partial charge in [-0.3, -0.25) is 9.78 Å². The second-order valence-corrected chi connectivity index (χ2v) is 3.50. The van der Waals surface area contributed by atoms with E-state index in [1.807, 2.05) is 0 Å². The summed E-state index contributed by atoms with van der Waals surface area (Å²) in [5, 5.41) is 11.9. The number of pyridine rings is 1. The van der Waals surface area contributed by atoms with E-state index in [0.29, 0.717) is 0 Å². The molecule has 0 aliphatic rings. The van der Waals surface area contributed by atoms with E-state index in [0.717, 1.165) is 0 Å². The van der Waals surface area contributed by atoms with Gasteiger partial charge in [-0.15, -0.1) is 0 Å². The van der Waals surface area contributed by atoms with E-state index in [9.17, 15) is 9.18 Å². The van der Waals surface area contributed by atoms with Gasteiger partial charge in [-0.25, -0.2) is 4.39 Å². The van der Waals surface area contributed by atoms with E-state index < -0.39 is 11.6 Å². The second kappa shape index (κ2) is 5.18. The third kappa shape index (κ3) is 2.40. The van der Waals surface area contributed by atoms with Gasteiger partial charge in [0.2, 0.25) is 5.78 Å². The van der Waals surface area contributed by atoms with Gasteiger partial charge in [0.15, 0.2) is 5.71 Å². The molecule has 1 heterocycles. The van der Waals surface area contributed by atoms with E-state index in [-0.39, 0.29) is 17.0 Å². The fourth-order valence-corrected chi connectivity index (χ4v) is 1.45. The van der Waals surface area contributed by atoms with Crippen molar-refractivity contribution in [2.75, 3.05) is 0 Å².